The van der Waals surface area contributed by atoms with Gasteiger partial charge >= 0.3 is 0 Å². The first kappa shape index (κ1) is 23.2. The van der Waals surface area contributed by atoms with Gasteiger partial charge in [-0.25, -0.2) is 9.97 Å². The molecule has 3 heterocycles. The van der Waals surface area contributed by atoms with Crippen molar-refractivity contribution in [2.24, 2.45) is 7.05 Å². The molecular formula is C28H33N5O2. The maximum atomic E-state index is 5.47. The van der Waals surface area contributed by atoms with Crippen LogP contribution in [0.3, 0.4) is 0 Å². The molecule has 0 N–H and O–H groups in total. The number of hydrogen-bond acceptors (Lipinski definition) is 6. The Morgan fingerprint density at radius 2 is 1.49 bits per heavy atom. The van der Waals surface area contributed by atoms with Gasteiger partial charge < -0.3 is 18.9 Å². The average molecular weight is 472 g/mol. The fourth-order valence-corrected chi connectivity index (χ4v) is 4.82. The molecule has 7 nitrogen and oxygen atoms in total. The van der Waals surface area contributed by atoms with Crippen LogP contribution >= 0.6 is 0 Å². The van der Waals surface area contributed by atoms with E-state index in [1.807, 2.05) is 31.4 Å². The van der Waals surface area contributed by atoms with Gasteiger partial charge in [0.25, 0.3) is 0 Å². The Bertz CT molecular complexity index is 1320. The van der Waals surface area contributed by atoms with Crippen LogP contribution in [-0.4, -0.2) is 65.9 Å². The summed E-state index contributed by atoms with van der Waals surface area (Å²) in [7, 11) is 5.30. The first-order valence-electron chi connectivity index (χ1n) is 12.1. The number of anilines is 1. The topological polar surface area (TPSA) is 55.7 Å². The number of methoxy groups -OCH3 is 2. The van der Waals surface area contributed by atoms with Crippen molar-refractivity contribution in [2.75, 3.05) is 45.3 Å². The van der Waals surface area contributed by atoms with Gasteiger partial charge in [0.1, 0.15) is 5.82 Å². The lowest BCUT2D eigenvalue weighted by atomic mass is 10.1. The fourth-order valence-electron chi connectivity index (χ4n) is 4.82. The quantitative estimate of drug-likeness (QED) is 0.401. The lowest BCUT2D eigenvalue weighted by Crippen LogP contribution is -2.48. The van der Waals surface area contributed by atoms with Crippen LogP contribution in [-0.2, 0) is 7.05 Å². The summed E-state index contributed by atoms with van der Waals surface area (Å²) >= 11 is 0. The molecule has 5 rings (SSSR count). The van der Waals surface area contributed by atoms with Crippen LogP contribution in [0.15, 0.2) is 54.7 Å². The maximum Gasteiger partial charge on any atom is 0.178 e. The van der Waals surface area contributed by atoms with Gasteiger partial charge in [-0.3, -0.25) is 4.90 Å². The second kappa shape index (κ2) is 9.58. The van der Waals surface area contributed by atoms with Crippen molar-refractivity contribution in [1.29, 1.82) is 0 Å². The lowest BCUT2D eigenvalue weighted by molar-refractivity contribution is 0.209. The summed E-state index contributed by atoms with van der Waals surface area (Å²) in [6.45, 7) is 8.91. The van der Waals surface area contributed by atoms with Crippen molar-refractivity contribution in [2.45, 2.75) is 19.9 Å². The monoisotopic (exact) mass is 471 g/mol. The zero-order valence-corrected chi connectivity index (χ0v) is 21.2. The third-order valence-corrected chi connectivity index (χ3v) is 6.99. The van der Waals surface area contributed by atoms with E-state index in [0.717, 1.165) is 59.9 Å². The molecule has 35 heavy (non-hydrogen) atoms. The molecule has 2 aromatic heterocycles. The average Bonchev–Trinajstić information content (AvgIpc) is 3.24. The zero-order valence-electron chi connectivity index (χ0n) is 21.2. The predicted molar refractivity (Wildman–Crippen MR) is 141 cm³/mol. The van der Waals surface area contributed by atoms with Crippen molar-refractivity contribution in [3.8, 4) is 34.0 Å². The summed E-state index contributed by atoms with van der Waals surface area (Å²) in [5.41, 5.74) is 6.17. The molecule has 182 valence electrons. The van der Waals surface area contributed by atoms with E-state index < -0.39 is 0 Å². The molecule has 2 aromatic carbocycles. The number of fused-ring (bicyclic) bond motifs is 1. The van der Waals surface area contributed by atoms with E-state index in [4.69, 9.17) is 14.5 Å². The van der Waals surface area contributed by atoms with Gasteiger partial charge in [-0.1, -0.05) is 12.1 Å². The lowest BCUT2D eigenvalue weighted by Gasteiger charge is -2.38. The summed E-state index contributed by atoms with van der Waals surface area (Å²) in [6, 6.07) is 17.4. The van der Waals surface area contributed by atoms with Crippen molar-refractivity contribution < 1.29 is 9.47 Å². The van der Waals surface area contributed by atoms with Crippen LogP contribution in [0.2, 0.25) is 0 Å². The Morgan fingerprint density at radius 1 is 0.800 bits per heavy atom. The minimum Gasteiger partial charge on any atom is -0.493 e. The highest BCUT2D eigenvalue weighted by Crippen LogP contribution is 2.33. The number of ether oxygens (including phenoxy) is 2. The molecule has 1 aliphatic heterocycles. The summed E-state index contributed by atoms with van der Waals surface area (Å²) in [4.78, 5) is 14.5. The van der Waals surface area contributed by atoms with E-state index in [2.05, 4.69) is 63.5 Å². The van der Waals surface area contributed by atoms with Gasteiger partial charge in [0.15, 0.2) is 17.1 Å². The summed E-state index contributed by atoms with van der Waals surface area (Å²) in [5, 5.41) is 0. The molecule has 0 aliphatic carbocycles. The van der Waals surface area contributed by atoms with Crippen molar-refractivity contribution >= 4 is 16.9 Å². The Labute approximate surface area is 206 Å². The standard InChI is InChI=1S/C28H33N5O2/c1-19(2)32-12-14-33(15-13-32)23-9-6-20(7-10-23)22-16-24-27(29-18-22)30-28(31(24)3)21-8-11-25(34-4)26(17-21)35-5/h6-11,16-19H,12-15H2,1-5H3. The molecule has 7 heteroatoms. The number of hydrogen-bond donors (Lipinski definition) is 0. The molecule has 0 radical (unpaired) electrons. The molecule has 1 saturated heterocycles. The van der Waals surface area contributed by atoms with Crippen LogP contribution in [0.5, 0.6) is 11.5 Å². The summed E-state index contributed by atoms with van der Waals surface area (Å²) in [5.74, 6) is 2.21. The summed E-state index contributed by atoms with van der Waals surface area (Å²) < 4.78 is 12.9. The van der Waals surface area contributed by atoms with E-state index in [9.17, 15) is 0 Å². The highest BCUT2D eigenvalue weighted by atomic mass is 16.5. The minimum absolute atomic E-state index is 0.612. The van der Waals surface area contributed by atoms with Crippen LogP contribution in [0.25, 0.3) is 33.7 Å². The highest BCUT2D eigenvalue weighted by molar-refractivity contribution is 5.82. The molecule has 0 atom stereocenters. The van der Waals surface area contributed by atoms with Crippen LogP contribution in [0, 0.1) is 0 Å². The van der Waals surface area contributed by atoms with E-state index in [1.165, 1.54) is 5.69 Å². The highest BCUT2D eigenvalue weighted by Gasteiger charge is 2.19. The summed E-state index contributed by atoms with van der Waals surface area (Å²) in [6.07, 6.45) is 1.91. The van der Waals surface area contributed by atoms with Crippen LogP contribution in [0.4, 0.5) is 5.69 Å². The number of aromatic nitrogens is 3. The van der Waals surface area contributed by atoms with Crippen molar-refractivity contribution in [3.05, 3.63) is 54.7 Å². The largest absolute Gasteiger partial charge is 0.493 e. The van der Waals surface area contributed by atoms with E-state index in [0.29, 0.717) is 17.5 Å². The number of benzene rings is 2. The van der Waals surface area contributed by atoms with E-state index in [-0.39, 0.29) is 0 Å². The molecule has 1 aliphatic rings. The Hall–Kier alpha value is -3.58. The van der Waals surface area contributed by atoms with E-state index in [1.54, 1.807) is 14.2 Å². The molecular weight excluding hydrogens is 438 g/mol. The fraction of sp³-hybridized carbons (Fsp3) is 0.357. The third kappa shape index (κ3) is 4.44. The van der Waals surface area contributed by atoms with Crippen LogP contribution in [0.1, 0.15) is 13.8 Å². The zero-order chi connectivity index (χ0) is 24.5. The number of pyridine rings is 1. The second-order valence-electron chi connectivity index (χ2n) is 9.29. The van der Waals surface area contributed by atoms with Gasteiger partial charge in [0.05, 0.1) is 19.7 Å². The first-order chi connectivity index (χ1) is 17.0. The number of aryl methyl sites for hydroxylation is 1. The van der Waals surface area contributed by atoms with Gasteiger partial charge in [-0.05, 0) is 55.8 Å². The van der Waals surface area contributed by atoms with E-state index >= 15 is 0 Å². The van der Waals surface area contributed by atoms with Gasteiger partial charge in [0.2, 0.25) is 0 Å². The normalized spacial score (nSPS) is 14.6. The molecule has 0 unspecified atom stereocenters. The Balaban J connectivity index is 1.40. The molecule has 4 aromatic rings. The number of nitrogens with zero attached hydrogens (tertiary/aromatic N) is 5. The Morgan fingerprint density at radius 3 is 2.14 bits per heavy atom. The molecule has 0 saturated carbocycles. The smallest absolute Gasteiger partial charge is 0.178 e. The number of rotatable bonds is 6. The minimum atomic E-state index is 0.612. The maximum absolute atomic E-state index is 5.47. The SMILES string of the molecule is COc1ccc(-c2nc3ncc(-c4ccc(N5CCN(C(C)C)CC5)cc4)cc3n2C)cc1OC. The van der Waals surface area contributed by atoms with Crippen molar-refractivity contribution in [1.82, 2.24) is 19.4 Å². The van der Waals surface area contributed by atoms with Gasteiger partial charge in [-0.15, -0.1) is 0 Å². The van der Waals surface area contributed by atoms with Gasteiger partial charge in [0, 0.05) is 62.3 Å². The third-order valence-electron chi connectivity index (χ3n) is 6.99. The van der Waals surface area contributed by atoms with Crippen molar-refractivity contribution in [3.63, 3.8) is 0 Å². The molecule has 0 spiro atoms. The van der Waals surface area contributed by atoms with Crippen LogP contribution < -0.4 is 14.4 Å². The number of piperazine rings is 1. The molecule has 1 fully saturated rings. The van der Waals surface area contributed by atoms with Gasteiger partial charge in [-0.2, -0.15) is 0 Å². The predicted octanol–water partition coefficient (Wildman–Crippen LogP) is 4.85. The number of imidazole rings is 1. The second-order valence-corrected chi connectivity index (χ2v) is 9.29. The molecule has 0 amide bonds. The first-order valence-corrected chi connectivity index (χ1v) is 12.1. The molecule has 0 bridgehead atoms. The Kier molecular flexibility index (Phi) is 6.34.